The lowest BCUT2D eigenvalue weighted by Crippen LogP contribution is -2.12. The number of ether oxygens (including phenoxy) is 1. The van der Waals surface area contributed by atoms with Gasteiger partial charge in [-0.2, -0.15) is 0 Å². The Labute approximate surface area is 119 Å². The van der Waals surface area contributed by atoms with Crippen LogP contribution in [0.1, 0.15) is 35.2 Å². The first-order chi connectivity index (χ1) is 9.70. The van der Waals surface area contributed by atoms with Crippen LogP contribution in [-0.4, -0.2) is 21.8 Å². The number of benzene rings is 1. The Balaban J connectivity index is 1.79. The molecule has 1 heterocycles. The lowest BCUT2D eigenvalue weighted by molar-refractivity contribution is 0.288. The van der Waals surface area contributed by atoms with Crippen LogP contribution >= 0.6 is 0 Å². The van der Waals surface area contributed by atoms with Gasteiger partial charge in [0, 0.05) is 13.1 Å². The molecule has 2 aromatic rings. The van der Waals surface area contributed by atoms with Crippen LogP contribution < -0.4 is 10.1 Å². The van der Waals surface area contributed by atoms with Gasteiger partial charge >= 0.3 is 0 Å². The van der Waals surface area contributed by atoms with E-state index in [4.69, 9.17) is 4.74 Å². The molecule has 20 heavy (non-hydrogen) atoms. The van der Waals surface area contributed by atoms with E-state index in [-0.39, 0.29) is 0 Å². The van der Waals surface area contributed by atoms with Gasteiger partial charge in [-0.15, -0.1) is 10.2 Å². The van der Waals surface area contributed by atoms with Crippen molar-refractivity contribution in [3.05, 3.63) is 41.0 Å². The average Bonchev–Trinajstić information content (AvgIpc) is 3.02. The molecule has 0 bridgehead atoms. The molecule has 0 saturated carbocycles. The second kappa shape index (κ2) is 5.25. The zero-order valence-corrected chi connectivity index (χ0v) is 12.2. The van der Waals surface area contributed by atoms with Gasteiger partial charge < -0.3 is 14.6 Å². The van der Waals surface area contributed by atoms with Crippen LogP contribution in [0.3, 0.4) is 0 Å². The summed E-state index contributed by atoms with van der Waals surface area (Å²) >= 11 is 0. The Bertz CT molecular complexity index is 620. The number of fused-ring (bicyclic) bond motifs is 1. The summed E-state index contributed by atoms with van der Waals surface area (Å²) in [7, 11) is 3.97. The summed E-state index contributed by atoms with van der Waals surface area (Å²) in [5.41, 5.74) is 2.69. The van der Waals surface area contributed by atoms with E-state index in [1.54, 1.807) is 0 Å². The highest BCUT2D eigenvalue weighted by atomic mass is 16.5. The SMILES string of the molecule is CNC1CCc2c(OCc3nnc(C)n3C)cccc21. The van der Waals surface area contributed by atoms with Crippen molar-refractivity contribution in [3.8, 4) is 5.75 Å². The van der Waals surface area contributed by atoms with Crippen LogP contribution in [0.4, 0.5) is 0 Å². The molecule has 0 amide bonds. The third-order valence-corrected chi connectivity index (χ3v) is 4.12. The Morgan fingerprint density at radius 2 is 2.25 bits per heavy atom. The minimum Gasteiger partial charge on any atom is -0.485 e. The zero-order valence-electron chi connectivity index (χ0n) is 12.2. The van der Waals surface area contributed by atoms with Gasteiger partial charge in [-0.25, -0.2) is 0 Å². The summed E-state index contributed by atoms with van der Waals surface area (Å²) in [5, 5.41) is 11.5. The van der Waals surface area contributed by atoms with Crippen LogP contribution in [0.5, 0.6) is 5.75 Å². The van der Waals surface area contributed by atoms with E-state index in [0.29, 0.717) is 12.6 Å². The van der Waals surface area contributed by atoms with E-state index < -0.39 is 0 Å². The third-order valence-electron chi connectivity index (χ3n) is 4.12. The predicted molar refractivity (Wildman–Crippen MR) is 76.6 cm³/mol. The number of hydrogen-bond donors (Lipinski definition) is 1. The molecule has 0 aliphatic heterocycles. The van der Waals surface area contributed by atoms with Gasteiger partial charge in [0.25, 0.3) is 0 Å². The molecule has 5 heteroatoms. The first-order valence-electron chi connectivity index (χ1n) is 6.97. The molecule has 1 N–H and O–H groups in total. The maximum Gasteiger partial charge on any atom is 0.170 e. The molecule has 0 spiro atoms. The number of nitrogens with zero attached hydrogens (tertiary/aromatic N) is 3. The molecule has 1 aromatic carbocycles. The highest BCUT2D eigenvalue weighted by molar-refractivity contribution is 5.45. The smallest absolute Gasteiger partial charge is 0.170 e. The number of aromatic nitrogens is 3. The molecule has 106 valence electrons. The van der Waals surface area contributed by atoms with Crippen molar-refractivity contribution in [3.63, 3.8) is 0 Å². The van der Waals surface area contributed by atoms with Crippen LogP contribution in [0.25, 0.3) is 0 Å². The number of aryl methyl sites for hydroxylation is 1. The minimum absolute atomic E-state index is 0.450. The molecule has 0 saturated heterocycles. The Kier molecular flexibility index (Phi) is 3.44. The Hall–Kier alpha value is -1.88. The monoisotopic (exact) mass is 272 g/mol. The summed E-state index contributed by atoms with van der Waals surface area (Å²) in [6.07, 6.45) is 2.20. The summed E-state index contributed by atoms with van der Waals surface area (Å²) in [6.45, 7) is 2.40. The van der Waals surface area contributed by atoms with Crippen LogP contribution in [-0.2, 0) is 20.1 Å². The van der Waals surface area contributed by atoms with Gasteiger partial charge in [0.15, 0.2) is 5.82 Å². The fourth-order valence-corrected chi connectivity index (χ4v) is 2.77. The molecule has 0 radical (unpaired) electrons. The number of nitrogens with one attached hydrogen (secondary N) is 1. The van der Waals surface area contributed by atoms with Gasteiger partial charge in [0.05, 0.1) is 0 Å². The van der Waals surface area contributed by atoms with E-state index in [2.05, 4.69) is 27.6 Å². The number of rotatable bonds is 4. The van der Waals surface area contributed by atoms with Crippen molar-refractivity contribution < 1.29 is 4.74 Å². The zero-order chi connectivity index (χ0) is 14.1. The molecule has 3 rings (SSSR count). The third kappa shape index (κ3) is 2.18. The van der Waals surface area contributed by atoms with Gasteiger partial charge in [-0.1, -0.05) is 12.1 Å². The van der Waals surface area contributed by atoms with Gasteiger partial charge in [-0.3, -0.25) is 0 Å². The minimum atomic E-state index is 0.450. The van der Waals surface area contributed by atoms with Gasteiger partial charge in [-0.05, 0) is 44.0 Å². The van der Waals surface area contributed by atoms with Crippen molar-refractivity contribution in [2.24, 2.45) is 7.05 Å². The summed E-state index contributed by atoms with van der Waals surface area (Å²) in [6, 6.07) is 6.74. The molecular weight excluding hydrogens is 252 g/mol. The Morgan fingerprint density at radius 3 is 2.95 bits per heavy atom. The molecule has 5 nitrogen and oxygen atoms in total. The second-order valence-corrected chi connectivity index (χ2v) is 5.21. The normalized spacial score (nSPS) is 17.2. The van der Waals surface area contributed by atoms with Crippen molar-refractivity contribution in [2.45, 2.75) is 32.4 Å². The topological polar surface area (TPSA) is 52.0 Å². The van der Waals surface area contributed by atoms with Gasteiger partial charge in [0.1, 0.15) is 18.2 Å². The van der Waals surface area contributed by atoms with E-state index in [1.807, 2.05) is 31.7 Å². The maximum absolute atomic E-state index is 5.97. The van der Waals surface area contributed by atoms with E-state index in [9.17, 15) is 0 Å². The highest BCUT2D eigenvalue weighted by Gasteiger charge is 2.23. The van der Waals surface area contributed by atoms with Crippen LogP contribution in [0.2, 0.25) is 0 Å². The lowest BCUT2D eigenvalue weighted by Gasteiger charge is -2.13. The molecule has 1 aliphatic carbocycles. The predicted octanol–water partition coefficient (Wildman–Crippen LogP) is 1.91. The average molecular weight is 272 g/mol. The first kappa shape index (κ1) is 13.1. The standard InChI is InChI=1S/C15H20N4O/c1-10-17-18-15(19(10)3)9-20-14-6-4-5-11-12(14)7-8-13(11)16-2/h4-6,13,16H,7-9H2,1-3H3. The van der Waals surface area contributed by atoms with Gasteiger partial charge in [0.2, 0.25) is 0 Å². The largest absolute Gasteiger partial charge is 0.485 e. The van der Waals surface area contributed by atoms with Crippen LogP contribution in [0.15, 0.2) is 18.2 Å². The lowest BCUT2D eigenvalue weighted by atomic mass is 10.1. The molecule has 1 aliphatic rings. The molecular formula is C15H20N4O. The number of hydrogen-bond acceptors (Lipinski definition) is 4. The van der Waals surface area contributed by atoms with E-state index in [1.165, 1.54) is 11.1 Å². The summed E-state index contributed by atoms with van der Waals surface area (Å²) in [5.74, 6) is 2.72. The van der Waals surface area contributed by atoms with Crippen LogP contribution in [0, 0.1) is 6.92 Å². The Morgan fingerprint density at radius 1 is 1.40 bits per heavy atom. The van der Waals surface area contributed by atoms with Crippen molar-refractivity contribution in [1.29, 1.82) is 0 Å². The quantitative estimate of drug-likeness (QED) is 0.923. The van der Waals surface area contributed by atoms with Crippen molar-refractivity contribution >= 4 is 0 Å². The highest BCUT2D eigenvalue weighted by Crippen LogP contribution is 2.36. The molecule has 1 unspecified atom stereocenters. The fourth-order valence-electron chi connectivity index (χ4n) is 2.77. The summed E-state index contributed by atoms with van der Waals surface area (Å²) < 4.78 is 7.93. The second-order valence-electron chi connectivity index (χ2n) is 5.21. The molecule has 0 fully saturated rings. The maximum atomic E-state index is 5.97. The van der Waals surface area contributed by atoms with E-state index in [0.717, 1.165) is 30.2 Å². The van der Waals surface area contributed by atoms with Crippen molar-refractivity contribution in [2.75, 3.05) is 7.05 Å². The molecule has 1 aromatic heterocycles. The fraction of sp³-hybridized carbons (Fsp3) is 0.467. The molecule has 1 atom stereocenters. The summed E-state index contributed by atoms with van der Waals surface area (Å²) in [4.78, 5) is 0. The van der Waals surface area contributed by atoms with E-state index >= 15 is 0 Å². The first-order valence-corrected chi connectivity index (χ1v) is 6.97. The van der Waals surface area contributed by atoms with Crippen molar-refractivity contribution in [1.82, 2.24) is 20.1 Å².